The van der Waals surface area contributed by atoms with Crippen LogP contribution in [0.25, 0.3) is 0 Å². The zero-order valence-corrected chi connectivity index (χ0v) is 19.0. The molecular weight excluding hydrogens is 474 g/mol. The Morgan fingerprint density at radius 3 is 2.31 bits per heavy atom. The molecule has 1 aliphatic heterocycles. The minimum absolute atomic E-state index is 0.0443. The number of carboxylic acid groups (broad SMARTS) is 2. The van der Waals surface area contributed by atoms with Crippen molar-refractivity contribution in [2.24, 2.45) is 0 Å². The van der Waals surface area contributed by atoms with Crippen LogP contribution in [0, 0.1) is 0 Å². The number of carboxylic acids is 2. The number of aliphatic hydroxyl groups is 4. The number of ketones is 1. The van der Waals surface area contributed by atoms with Crippen LogP contribution in [0.15, 0.2) is 0 Å². The molecule has 7 atom stereocenters. The maximum atomic E-state index is 12.4. The highest BCUT2D eigenvalue weighted by atomic mass is 16.6. The predicted molar refractivity (Wildman–Crippen MR) is 114 cm³/mol. The standard InChI is InChI=1S/C20H32N3O12/c1-9(25)23-16-12(27)6-20(19(33)34,35-18(16)17(32)13(28)8-24)7-14(29)22-4-2-3-10(21)11(26)5-15(30)31/h10,12-13,16-18,21,24,27-28,32H,2-8H2,1H3,(H,22,29)(H,23,25)(H,30,31)(H,33,34). The third-order valence-electron chi connectivity index (χ3n) is 5.50. The molecular formula is C20H32N3O12. The molecule has 0 aromatic heterocycles. The van der Waals surface area contributed by atoms with E-state index in [1.54, 1.807) is 0 Å². The maximum absolute atomic E-state index is 12.4. The van der Waals surface area contributed by atoms with E-state index in [0.29, 0.717) is 0 Å². The minimum Gasteiger partial charge on any atom is -0.481 e. The van der Waals surface area contributed by atoms with Gasteiger partial charge >= 0.3 is 11.9 Å². The Bertz CT molecular complexity index is 793. The van der Waals surface area contributed by atoms with Gasteiger partial charge in [-0.25, -0.2) is 10.5 Å². The van der Waals surface area contributed by atoms with Crippen LogP contribution >= 0.6 is 0 Å². The quantitative estimate of drug-likeness (QED) is 0.0831. The van der Waals surface area contributed by atoms with Crippen molar-refractivity contribution < 1.29 is 59.3 Å². The smallest absolute Gasteiger partial charge is 0.336 e. The molecule has 15 heteroatoms. The van der Waals surface area contributed by atoms with E-state index in [1.807, 2.05) is 0 Å². The molecule has 1 heterocycles. The second-order valence-electron chi connectivity index (χ2n) is 8.38. The largest absolute Gasteiger partial charge is 0.481 e. The van der Waals surface area contributed by atoms with E-state index in [4.69, 9.17) is 20.7 Å². The monoisotopic (exact) mass is 506 g/mol. The van der Waals surface area contributed by atoms with Gasteiger partial charge in [0.15, 0.2) is 11.4 Å². The van der Waals surface area contributed by atoms with Gasteiger partial charge in [-0.3, -0.25) is 19.2 Å². The van der Waals surface area contributed by atoms with Crippen LogP contribution in [0.4, 0.5) is 0 Å². The first-order chi connectivity index (χ1) is 16.2. The molecule has 1 aliphatic rings. The van der Waals surface area contributed by atoms with Crippen LogP contribution in [-0.4, -0.2) is 115 Å². The highest BCUT2D eigenvalue weighted by Crippen LogP contribution is 2.35. The second-order valence-corrected chi connectivity index (χ2v) is 8.38. The number of nitrogens with one attached hydrogen (secondary N) is 3. The van der Waals surface area contributed by atoms with Crippen LogP contribution in [0.5, 0.6) is 0 Å². The van der Waals surface area contributed by atoms with Crippen LogP contribution < -0.4 is 16.4 Å². The average Bonchev–Trinajstić information content (AvgIpc) is 2.76. The van der Waals surface area contributed by atoms with Gasteiger partial charge in [-0.1, -0.05) is 0 Å². The van der Waals surface area contributed by atoms with Crippen molar-refractivity contribution >= 4 is 29.5 Å². The lowest BCUT2D eigenvalue weighted by molar-refractivity contribution is -0.230. The average molecular weight is 506 g/mol. The van der Waals surface area contributed by atoms with E-state index in [0.717, 1.165) is 6.92 Å². The summed E-state index contributed by atoms with van der Waals surface area (Å²) in [6, 6.07) is -2.65. The summed E-state index contributed by atoms with van der Waals surface area (Å²) in [7, 11) is 0. The molecule has 0 saturated carbocycles. The van der Waals surface area contributed by atoms with Gasteiger partial charge in [0, 0.05) is 19.9 Å². The highest BCUT2D eigenvalue weighted by molar-refractivity contribution is 5.97. The maximum Gasteiger partial charge on any atom is 0.336 e. The molecule has 0 aromatic rings. The van der Waals surface area contributed by atoms with Gasteiger partial charge in [0.1, 0.15) is 24.7 Å². The third kappa shape index (κ3) is 8.79. The van der Waals surface area contributed by atoms with Crippen molar-refractivity contribution in [1.82, 2.24) is 16.4 Å². The third-order valence-corrected chi connectivity index (χ3v) is 5.50. The van der Waals surface area contributed by atoms with Gasteiger partial charge < -0.3 is 46.0 Å². The van der Waals surface area contributed by atoms with E-state index < -0.39 is 97.5 Å². The molecule has 1 radical (unpaired) electrons. The first-order valence-corrected chi connectivity index (χ1v) is 10.8. The number of aliphatic carboxylic acids is 2. The van der Waals surface area contributed by atoms with Crippen molar-refractivity contribution in [3.05, 3.63) is 0 Å². The van der Waals surface area contributed by atoms with E-state index in [2.05, 4.69) is 10.6 Å². The molecule has 15 nitrogen and oxygen atoms in total. The van der Waals surface area contributed by atoms with Gasteiger partial charge in [0.25, 0.3) is 0 Å². The van der Waals surface area contributed by atoms with Gasteiger partial charge in [-0.15, -0.1) is 0 Å². The number of carbonyl (C=O) groups is 5. The number of hydrogen-bond acceptors (Lipinski definition) is 10. The summed E-state index contributed by atoms with van der Waals surface area (Å²) in [6.07, 6.45) is -9.23. The molecule has 0 aliphatic carbocycles. The first kappa shape index (κ1) is 30.3. The Morgan fingerprint density at radius 2 is 1.80 bits per heavy atom. The van der Waals surface area contributed by atoms with Crippen LogP contribution in [-0.2, 0) is 28.7 Å². The Hall–Kier alpha value is -2.69. The number of hydrogen-bond donors (Lipinski definition) is 8. The molecule has 1 fully saturated rings. The van der Waals surface area contributed by atoms with E-state index >= 15 is 0 Å². The first-order valence-electron chi connectivity index (χ1n) is 10.8. The Morgan fingerprint density at radius 1 is 1.17 bits per heavy atom. The van der Waals surface area contributed by atoms with Gasteiger partial charge in [0.05, 0.1) is 31.2 Å². The van der Waals surface area contributed by atoms with Crippen LogP contribution in [0.1, 0.15) is 39.0 Å². The normalized spacial score (nSPS) is 26.7. The minimum atomic E-state index is -2.35. The molecule has 199 valence electrons. The fourth-order valence-corrected chi connectivity index (χ4v) is 3.70. The summed E-state index contributed by atoms with van der Waals surface area (Å²) in [5.41, 5.74) is 5.26. The second kappa shape index (κ2) is 13.4. The summed E-state index contributed by atoms with van der Waals surface area (Å²) in [4.78, 5) is 58.0. The van der Waals surface area contributed by atoms with Gasteiger partial charge in [-0.2, -0.15) is 0 Å². The lowest BCUT2D eigenvalue weighted by Crippen LogP contribution is -2.67. The predicted octanol–water partition coefficient (Wildman–Crippen LogP) is -3.84. The number of amides is 2. The summed E-state index contributed by atoms with van der Waals surface area (Å²) < 4.78 is 5.50. The molecule has 2 amide bonds. The van der Waals surface area contributed by atoms with Gasteiger partial charge in [-0.05, 0) is 12.8 Å². The molecule has 9 N–H and O–H groups in total. The molecule has 1 saturated heterocycles. The number of carbonyl (C=O) groups excluding carboxylic acids is 3. The summed E-state index contributed by atoms with van der Waals surface area (Å²) in [6.45, 7) is 0.0921. The van der Waals surface area contributed by atoms with Gasteiger partial charge in [0.2, 0.25) is 11.8 Å². The van der Waals surface area contributed by atoms with Crippen molar-refractivity contribution in [3.8, 4) is 0 Å². The molecule has 0 bridgehead atoms. The lowest BCUT2D eigenvalue weighted by Gasteiger charge is -2.46. The fourth-order valence-electron chi connectivity index (χ4n) is 3.70. The molecule has 1 rings (SSSR count). The van der Waals surface area contributed by atoms with Crippen LogP contribution in [0.3, 0.4) is 0 Å². The lowest BCUT2D eigenvalue weighted by atomic mass is 9.81. The van der Waals surface area contributed by atoms with Crippen molar-refractivity contribution in [2.75, 3.05) is 13.2 Å². The molecule has 35 heavy (non-hydrogen) atoms. The Kier molecular flexibility index (Phi) is 11.6. The van der Waals surface area contributed by atoms with Crippen molar-refractivity contribution in [2.45, 2.75) is 81.1 Å². The number of ether oxygens (including phenoxy) is 1. The number of rotatable bonds is 14. The highest BCUT2D eigenvalue weighted by Gasteiger charge is 2.55. The van der Waals surface area contributed by atoms with E-state index in [9.17, 15) is 44.4 Å². The zero-order chi connectivity index (χ0) is 26.9. The Labute approximate surface area is 200 Å². The van der Waals surface area contributed by atoms with Crippen LogP contribution in [0.2, 0.25) is 0 Å². The SMILES string of the molecule is CC(=O)NC1C(O)CC(CC(=O)NCCCC([NH])C(=O)CC(=O)O)(C(=O)O)OC1C(O)C(O)CO. The Balaban J connectivity index is 2.88. The van der Waals surface area contributed by atoms with Crippen molar-refractivity contribution in [1.29, 1.82) is 0 Å². The number of Topliss-reactive ketones (excluding diaryl/α,β-unsaturated/α-hetero) is 1. The zero-order valence-electron chi connectivity index (χ0n) is 19.0. The summed E-state index contributed by atoms with van der Waals surface area (Å²) in [5, 5.41) is 62.9. The van der Waals surface area contributed by atoms with Crippen molar-refractivity contribution in [3.63, 3.8) is 0 Å². The molecule has 7 unspecified atom stereocenters. The summed E-state index contributed by atoms with van der Waals surface area (Å²) >= 11 is 0. The molecule has 0 spiro atoms. The van der Waals surface area contributed by atoms with E-state index in [-0.39, 0.29) is 19.4 Å². The molecule has 0 aromatic carbocycles. The van der Waals surface area contributed by atoms with E-state index in [1.165, 1.54) is 0 Å². The summed E-state index contributed by atoms with van der Waals surface area (Å²) in [5.74, 6) is -5.30. The topological polar surface area (TPSA) is 264 Å². The number of aliphatic hydroxyl groups excluding tert-OH is 4. The fraction of sp³-hybridized carbons (Fsp3) is 0.750.